The lowest BCUT2D eigenvalue weighted by atomic mass is 10.1. The molecule has 1 aromatic heterocycles. The van der Waals surface area contributed by atoms with Crippen molar-refractivity contribution < 1.29 is 23.1 Å². The Kier molecular flexibility index (Phi) is 7.08. The van der Waals surface area contributed by atoms with Crippen molar-refractivity contribution in [3.05, 3.63) is 66.0 Å². The zero-order chi connectivity index (χ0) is 26.8. The highest BCUT2D eigenvalue weighted by molar-refractivity contribution is 6.05. The number of nitrogens with one attached hydrogen (secondary N) is 2. The number of benzene rings is 2. The van der Waals surface area contributed by atoms with Crippen LogP contribution in [0.5, 0.6) is 5.75 Å². The summed E-state index contributed by atoms with van der Waals surface area (Å²) in [7, 11) is 1.40. The number of ether oxygens (including phenoxy) is 1. The molecule has 2 bridgehead atoms. The van der Waals surface area contributed by atoms with Gasteiger partial charge in [-0.25, -0.2) is 23.5 Å². The van der Waals surface area contributed by atoms with E-state index in [0.717, 1.165) is 12.8 Å². The Labute approximate surface area is 218 Å². The molecular weight excluding hydrogens is 494 g/mol. The van der Waals surface area contributed by atoms with E-state index in [1.807, 2.05) is 11.8 Å². The Hall–Kier alpha value is -4.28. The number of carbonyl (C=O) groups is 2. The molecule has 2 fully saturated rings. The molecule has 11 heteroatoms. The lowest BCUT2D eigenvalue weighted by Crippen LogP contribution is -2.52. The van der Waals surface area contributed by atoms with Crippen LogP contribution >= 0.6 is 0 Å². The van der Waals surface area contributed by atoms with Gasteiger partial charge in [0.25, 0.3) is 5.91 Å². The molecule has 2 saturated heterocycles. The van der Waals surface area contributed by atoms with Gasteiger partial charge in [0, 0.05) is 31.9 Å². The zero-order valence-electron chi connectivity index (χ0n) is 21.1. The number of hydrogen-bond donors (Lipinski definition) is 2. The highest BCUT2D eigenvalue weighted by Crippen LogP contribution is 2.38. The van der Waals surface area contributed by atoms with Crippen molar-refractivity contribution in [2.75, 3.05) is 37.0 Å². The third-order valence-electron chi connectivity index (χ3n) is 6.85. The Bertz CT molecular complexity index is 1370. The van der Waals surface area contributed by atoms with Crippen molar-refractivity contribution in [1.82, 2.24) is 20.2 Å². The van der Waals surface area contributed by atoms with Gasteiger partial charge in [-0.2, -0.15) is 0 Å². The summed E-state index contributed by atoms with van der Waals surface area (Å²) in [6.45, 7) is 3.74. The summed E-state index contributed by atoms with van der Waals surface area (Å²) in [5.74, 6) is -1.47. The fourth-order valence-electron chi connectivity index (χ4n) is 5.09. The van der Waals surface area contributed by atoms with Crippen LogP contribution in [0.25, 0.3) is 11.4 Å². The fourth-order valence-corrected chi connectivity index (χ4v) is 5.09. The Balaban J connectivity index is 1.36. The third-order valence-corrected chi connectivity index (χ3v) is 6.85. The molecule has 2 N–H and O–H groups in total. The maximum absolute atomic E-state index is 14.5. The molecule has 1 unspecified atom stereocenters. The summed E-state index contributed by atoms with van der Waals surface area (Å²) < 4.78 is 34.0. The minimum absolute atomic E-state index is 0.00893. The molecule has 9 nitrogen and oxygen atoms in total. The molecule has 0 radical (unpaired) electrons. The zero-order valence-corrected chi connectivity index (χ0v) is 21.1. The number of nitrogens with zero attached hydrogens (tertiary/aromatic N) is 4. The van der Waals surface area contributed by atoms with E-state index in [4.69, 9.17) is 4.74 Å². The second kappa shape index (κ2) is 10.6. The van der Waals surface area contributed by atoms with Crippen molar-refractivity contribution >= 4 is 23.3 Å². The summed E-state index contributed by atoms with van der Waals surface area (Å²) in [5, 5.41) is 5.68. The van der Waals surface area contributed by atoms with Gasteiger partial charge in [-0.1, -0.05) is 13.0 Å². The first-order chi connectivity index (χ1) is 18.4. The minimum Gasteiger partial charge on any atom is -0.496 e. The number of carbonyl (C=O) groups excluding carboxylic acids is 2. The molecule has 2 aliphatic heterocycles. The summed E-state index contributed by atoms with van der Waals surface area (Å²) in [5.41, 5.74) is 0.966. The smallest absolute Gasteiger partial charge is 0.317 e. The molecule has 2 atom stereocenters. The number of urea groups is 1. The number of amides is 3. The first kappa shape index (κ1) is 25.4. The standard InChI is InChI=1S/C27H28F2N6O3/c1-3-10-31-27(37)35-15-17-13-18(35)14-34(17)22-8-7-16(28)12-21(22)33-26(36)20-9-11-30-25(32-20)24-19(29)5-4-6-23(24)38-2/h4-9,11-12,17-18H,3,10,13-15H2,1-2H3,(H,31,37)(H,33,36)/t17-,18?/m1/s1. The Morgan fingerprint density at radius 3 is 2.71 bits per heavy atom. The molecule has 3 heterocycles. The second-order valence-electron chi connectivity index (χ2n) is 9.28. The lowest BCUT2D eigenvalue weighted by molar-refractivity contribution is 0.102. The number of halogens is 2. The molecule has 0 aliphatic carbocycles. The minimum atomic E-state index is -0.597. The molecule has 3 aromatic rings. The van der Waals surface area contributed by atoms with E-state index in [9.17, 15) is 18.4 Å². The number of fused-ring (bicyclic) bond motifs is 2. The SMILES string of the molecule is CCCNC(=O)N1C[C@H]2CC1CN2c1ccc(F)cc1NC(=O)c1ccnc(-c2c(F)cccc2OC)n1. The van der Waals surface area contributed by atoms with E-state index in [1.54, 1.807) is 12.1 Å². The Morgan fingerprint density at radius 1 is 1.13 bits per heavy atom. The van der Waals surface area contributed by atoms with Gasteiger partial charge in [0.05, 0.1) is 30.1 Å². The molecule has 3 amide bonds. The van der Waals surface area contributed by atoms with Crippen LogP contribution in [0, 0.1) is 11.6 Å². The van der Waals surface area contributed by atoms with Gasteiger partial charge in [-0.05, 0) is 49.2 Å². The van der Waals surface area contributed by atoms with Crippen LogP contribution < -0.4 is 20.3 Å². The second-order valence-corrected chi connectivity index (χ2v) is 9.28. The third kappa shape index (κ3) is 4.83. The summed E-state index contributed by atoms with van der Waals surface area (Å²) in [6.07, 6.45) is 3.01. The maximum Gasteiger partial charge on any atom is 0.317 e. The van der Waals surface area contributed by atoms with E-state index in [2.05, 4.69) is 25.5 Å². The highest BCUT2D eigenvalue weighted by atomic mass is 19.1. The van der Waals surface area contributed by atoms with Crippen LogP contribution in [0.1, 0.15) is 30.3 Å². The highest BCUT2D eigenvalue weighted by Gasteiger charge is 2.45. The average molecular weight is 523 g/mol. The van der Waals surface area contributed by atoms with E-state index in [1.165, 1.54) is 43.6 Å². The van der Waals surface area contributed by atoms with Crippen molar-refractivity contribution in [1.29, 1.82) is 0 Å². The quantitative estimate of drug-likeness (QED) is 0.486. The van der Waals surface area contributed by atoms with Gasteiger partial charge in [0.1, 0.15) is 23.1 Å². The van der Waals surface area contributed by atoms with Crippen LogP contribution in [0.4, 0.5) is 25.0 Å². The van der Waals surface area contributed by atoms with E-state index in [0.29, 0.717) is 25.3 Å². The van der Waals surface area contributed by atoms with Gasteiger partial charge in [0.15, 0.2) is 5.82 Å². The molecule has 2 aromatic carbocycles. The van der Waals surface area contributed by atoms with Crippen LogP contribution in [-0.2, 0) is 0 Å². The van der Waals surface area contributed by atoms with E-state index < -0.39 is 17.5 Å². The Morgan fingerprint density at radius 2 is 1.97 bits per heavy atom. The summed E-state index contributed by atoms with van der Waals surface area (Å²) >= 11 is 0. The number of methoxy groups -OCH3 is 1. The molecule has 0 spiro atoms. The van der Waals surface area contributed by atoms with Crippen molar-refractivity contribution in [2.24, 2.45) is 0 Å². The number of hydrogen-bond acceptors (Lipinski definition) is 6. The predicted octanol–water partition coefficient (Wildman–Crippen LogP) is 4.07. The predicted molar refractivity (Wildman–Crippen MR) is 138 cm³/mol. The van der Waals surface area contributed by atoms with E-state index >= 15 is 0 Å². The van der Waals surface area contributed by atoms with Gasteiger partial charge >= 0.3 is 6.03 Å². The van der Waals surface area contributed by atoms with Crippen LogP contribution in [-0.4, -0.2) is 65.6 Å². The fraction of sp³-hybridized carbons (Fsp3) is 0.333. The van der Waals surface area contributed by atoms with Crippen LogP contribution in [0.15, 0.2) is 48.7 Å². The van der Waals surface area contributed by atoms with Gasteiger partial charge < -0.3 is 25.2 Å². The van der Waals surface area contributed by atoms with Gasteiger partial charge in [-0.15, -0.1) is 0 Å². The largest absolute Gasteiger partial charge is 0.496 e. The van der Waals surface area contributed by atoms with Crippen molar-refractivity contribution in [3.63, 3.8) is 0 Å². The molecule has 2 aliphatic rings. The van der Waals surface area contributed by atoms with Crippen molar-refractivity contribution in [2.45, 2.75) is 31.8 Å². The van der Waals surface area contributed by atoms with Crippen LogP contribution in [0.2, 0.25) is 0 Å². The first-order valence-electron chi connectivity index (χ1n) is 12.5. The van der Waals surface area contributed by atoms with Gasteiger partial charge in [0.2, 0.25) is 0 Å². The summed E-state index contributed by atoms with van der Waals surface area (Å²) in [6, 6.07) is 9.97. The molecule has 38 heavy (non-hydrogen) atoms. The molecule has 5 rings (SSSR count). The van der Waals surface area contributed by atoms with E-state index in [-0.39, 0.29) is 46.6 Å². The topological polar surface area (TPSA) is 99.7 Å². The van der Waals surface area contributed by atoms with Crippen LogP contribution in [0.3, 0.4) is 0 Å². The lowest BCUT2D eigenvalue weighted by Gasteiger charge is -2.36. The number of piperazine rings is 1. The number of rotatable bonds is 7. The van der Waals surface area contributed by atoms with Crippen molar-refractivity contribution in [3.8, 4) is 17.1 Å². The molecular formula is C27H28F2N6O3. The first-order valence-corrected chi connectivity index (χ1v) is 12.5. The molecule has 198 valence electrons. The number of anilines is 2. The van der Waals surface area contributed by atoms with Gasteiger partial charge in [-0.3, -0.25) is 4.79 Å². The summed E-state index contributed by atoms with van der Waals surface area (Å²) in [4.78, 5) is 38.0. The monoisotopic (exact) mass is 522 g/mol. The normalized spacial score (nSPS) is 18.0. The number of likely N-dealkylation sites (tertiary alicyclic amines) is 1. The average Bonchev–Trinajstić information content (AvgIpc) is 3.53. The maximum atomic E-state index is 14.5. The molecule has 0 saturated carbocycles. The number of aromatic nitrogens is 2.